The fourth-order valence-corrected chi connectivity index (χ4v) is 3.57. The highest BCUT2D eigenvalue weighted by molar-refractivity contribution is 14.1. The molecule has 2 amide bonds. The normalized spacial score (nSPS) is 21.7. The van der Waals surface area contributed by atoms with Gasteiger partial charge in [0.2, 0.25) is 0 Å². The third-order valence-electron chi connectivity index (χ3n) is 1.79. The van der Waals surface area contributed by atoms with E-state index in [0.29, 0.717) is 18.6 Å². The fraction of sp³-hybridized carbons (Fsp3) is 0. The van der Waals surface area contributed by atoms with Crippen LogP contribution in [0.3, 0.4) is 0 Å². The van der Waals surface area contributed by atoms with Crippen LogP contribution in [0.4, 0.5) is 0 Å². The maximum Gasteiger partial charge on any atom is 0.271 e. The fourth-order valence-electron chi connectivity index (χ4n) is 1.17. The minimum atomic E-state index is -0.109. The Kier molecular flexibility index (Phi) is 3.35. The highest BCUT2D eigenvalue weighted by Crippen LogP contribution is 2.46. The van der Waals surface area contributed by atoms with Gasteiger partial charge in [-0.25, -0.2) is 6.23 Å². The molecule has 14 heavy (non-hydrogen) atoms. The number of nitrogens with zero attached hydrogens (tertiary/aromatic N) is 2. The van der Waals surface area contributed by atoms with Gasteiger partial charge < -0.3 is 0 Å². The molecule has 2 aliphatic rings. The number of hydrogen-bond donors (Lipinski definition) is 0. The first-order chi connectivity index (χ1) is 6.46. The minimum Gasteiger partial charge on any atom is -0.268 e. The predicted octanol–water partition coefficient (Wildman–Crippen LogP) is 2.66. The van der Waals surface area contributed by atoms with E-state index in [1.807, 2.05) is 90.9 Å². The zero-order chi connectivity index (χ0) is 10.6. The molecule has 0 aromatic rings. The Hall–Kier alpha value is 1.34. The van der Waals surface area contributed by atoms with E-state index in [-0.39, 0.29) is 11.8 Å². The van der Waals surface area contributed by atoms with Gasteiger partial charge in [0.15, 0.2) is 0 Å². The van der Waals surface area contributed by atoms with E-state index in [0.717, 1.165) is 0 Å². The number of carbonyl (C=O) groups is 2. The molecule has 0 aromatic heterocycles. The summed E-state index contributed by atoms with van der Waals surface area (Å²) in [5, 5.41) is 0. The standard InChI is InChI=1S/C6I4N2O2/c7-3-1-2(6(14)11(3)9)4(8)12(10)5(1)13. The van der Waals surface area contributed by atoms with Crippen molar-refractivity contribution in [2.45, 2.75) is 0 Å². The van der Waals surface area contributed by atoms with Gasteiger partial charge in [-0.2, -0.15) is 0 Å². The topological polar surface area (TPSA) is 40.6 Å². The first-order valence-corrected chi connectivity index (χ1v) is 7.36. The largest absolute Gasteiger partial charge is 0.271 e. The van der Waals surface area contributed by atoms with Crippen molar-refractivity contribution in [1.82, 2.24) is 6.23 Å². The molecular formula is C6I4N2O2. The van der Waals surface area contributed by atoms with Crippen molar-refractivity contribution in [3.63, 3.8) is 0 Å². The third kappa shape index (κ3) is 1.46. The van der Waals surface area contributed by atoms with Gasteiger partial charge in [0.05, 0.1) is 56.9 Å². The van der Waals surface area contributed by atoms with Crippen LogP contribution in [0.5, 0.6) is 0 Å². The highest BCUT2D eigenvalue weighted by atomic mass is 127. The van der Waals surface area contributed by atoms with E-state index in [9.17, 15) is 9.59 Å². The SMILES string of the molecule is O=C1C2=C(I)N(I)C(=O)C2=C(I)N1I. The average molecular weight is 640 g/mol. The number of hydrogen-bond acceptors (Lipinski definition) is 2. The number of amides is 2. The molecule has 0 spiro atoms. The van der Waals surface area contributed by atoms with E-state index in [1.165, 1.54) is 6.23 Å². The number of fused-ring (bicyclic) bond motifs is 1. The van der Waals surface area contributed by atoms with E-state index in [2.05, 4.69) is 0 Å². The molecule has 0 unspecified atom stereocenters. The van der Waals surface area contributed by atoms with Gasteiger partial charge in [-0.15, -0.1) is 0 Å². The summed E-state index contributed by atoms with van der Waals surface area (Å²) in [6.45, 7) is 0. The summed E-state index contributed by atoms with van der Waals surface area (Å²) in [6, 6.07) is 0. The van der Waals surface area contributed by atoms with E-state index >= 15 is 0 Å². The van der Waals surface area contributed by atoms with Crippen LogP contribution in [0, 0.1) is 0 Å². The lowest BCUT2D eigenvalue weighted by molar-refractivity contribution is -0.120. The van der Waals surface area contributed by atoms with Crippen LogP contribution in [0.2, 0.25) is 0 Å². The molecule has 0 saturated heterocycles. The summed E-state index contributed by atoms with van der Waals surface area (Å²) in [5.41, 5.74) is 1.06. The summed E-state index contributed by atoms with van der Waals surface area (Å²) in [7, 11) is 0. The second kappa shape index (κ2) is 3.97. The summed E-state index contributed by atoms with van der Waals surface area (Å²) >= 11 is 7.84. The molecule has 0 atom stereocenters. The first-order valence-electron chi connectivity index (χ1n) is 3.27. The van der Waals surface area contributed by atoms with Gasteiger partial charge in [0.1, 0.15) is 7.41 Å². The lowest BCUT2D eigenvalue weighted by Crippen LogP contribution is -2.15. The highest BCUT2D eigenvalue weighted by Gasteiger charge is 2.46. The van der Waals surface area contributed by atoms with Crippen LogP contribution in [0.15, 0.2) is 18.6 Å². The lowest BCUT2D eigenvalue weighted by atomic mass is 10.2. The molecule has 2 aliphatic heterocycles. The molecule has 2 rings (SSSR count). The van der Waals surface area contributed by atoms with Gasteiger partial charge in [-0.3, -0.25) is 9.59 Å². The minimum absolute atomic E-state index is 0.109. The maximum absolute atomic E-state index is 11.7. The van der Waals surface area contributed by atoms with Crippen LogP contribution in [0.25, 0.3) is 0 Å². The van der Waals surface area contributed by atoms with Crippen LogP contribution < -0.4 is 0 Å². The van der Waals surface area contributed by atoms with Gasteiger partial charge >= 0.3 is 0 Å². The molecule has 2 heterocycles. The number of carbonyl (C=O) groups excluding carboxylic acids is 2. The average Bonchev–Trinajstić information content (AvgIpc) is 2.51. The van der Waals surface area contributed by atoms with Gasteiger partial charge in [-0.05, 0) is 45.2 Å². The quantitative estimate of drug-likeness (QED) is 0.233. The van der Waals surface area contributed by atoms with Gasteiger partial charge in [-0.1, -0.05) is 0 Å². The van der Waals surface area contributed by atoms with Crippen molar-refractivity contribution in [2.24, 2.45) is 0 Å². The van der Waals surface area contributed by atoms with Crippen molar-refractivity contribution < 1.29 is 9.59 Å². The van der Waals surface area contributed by atoms with E-state index < -0.39 is 0 Å². The van der Waals surface area contributed by atoms with Crippen LogP contribution in [-0.4, -0.2) is 18.0 Å². The van der Waals surface area contributed by atoms with E-state index in [4.69, 9.17) is 0 Å². The maximum atomic E-state index is 11.7. The first kappa shape index (κ1) is 11.8. The Labute approximate surface area is 135 Å². The molecular weight excluding hydrogens is 640 g/mol. The zero-order valence-electron chi connectivity index (χ0n) is 6.22. The van der Waals surface area contributed by atoms with Crippen molar-refractivity contribution in [3.8, 4) is 0 Å². The second-order valence-electron chi connectivity index (χ2n) is 2.50. The molecule has 74 valence electrons. The van der Waals surface area contributed by atoms with Crippen molar-refractivity contribution >= 4 is 103 Å². The second-order valence-corrected chi connectivity index (χ2v) is 6.48. The summed E-state index contributed by atoms with van der Waals surface area (Å²) in [6.07, 6.45) is 0. The number of halogens is 4. The van der Waals surface area contributed by atoms with Crippen LogP contribution in [-0.2, 0) is 9.59 Å². The van der Waals surface area contributed by atoms with Crippen molar-refractivity contribution in [2.75, 3.05) is 0 Å². The molecule has 0 aliphatic carbocycles. The van der Waals surface area contributed by atoms with Crippen LogP contribution >= 0.6 is 90.9 Å². The molecule has 0 bridgehead atoms. The predicted molar refractivity (Wildman–Crippen MR) is 83.8 cm³/mol. The molecule has 4 nitrogen and oxygen atoms in total. The number of rotatable bonds is 0. The van der Waals surface area contributed by atoms with Gasteiger partial charge in [0.25, 0.3) is 11.8 Å². The molecule has 0 saturated carbocycles. The Balaban J connectivity index is 2.68. The molecule has 0 fully saturated rings. The molecule has 0 N–H and O–H groups in total. The Morgan fingerprint density at radius 2 is 1.07 bits per heavy atom. The zero-order valence-corrected chi connectivity index (χ0v) is 14.9. The summed E-state index contributed by atoms with van der Waals surface area (Å²) < 4.78 is 4.34. The lowest BCUT2D eigenvalue weighted by Gasteiger charge is -2.09. The summed E-state index contributed by atoms with van der Waals surface area (Å²) in [5.74, 6) is -0.219. The molecule has 8 heteroatoms. The molecule has 0 radical (unpaired) electrons. The van der Waals surface area contributed by atoms with Crippen molar-refractivity contribution in [3.05, 3.63) is 18.6 Å². The summed E-state index contributed by atoms with van der Waals surface area (Å²) in [4.78, 5) is 23.5. The van der Waals surface area contributed by atoms with E-state index in [1.54, 1.807) is 0 Å². The third-order valence-corrected chi connectivity index (χ3v) is 7.52. The Morgan fingerprint density at radius 1 is 0.786 bits per heavy atom. The Bertz CT molecular complexity index is 388. The smallest absolute Gasteiger partial charge is 0.268 e. The monoisotopic (exact) mass is 640 g/mol. The van der Waals surface area contributed by atoms with Crippen molar-refractivity contribution in [1.29, 1.82) is 0 Å². The van der Waals surface area contributed by atoms with Crippen LogP contribution in [0.1, 0.15) is 0 Å². The van der Waals surface area contributed by atoms with Gasteiger partial charge in [0, 0.05) is 0 Å². The Morgan fingerprint density at radius 3 is 1.36 bits per heavy atom. The molecule has 0 aromatic carbocycles.